The molecule has 2 heterocycles. The van der Waals surface area contributed by atoms with Gasteiger partial charge in [-0.1, -0.05) is 35.3 Å². The summed E-state index contributed by atoms with van der Waals surface area (Å²) in [4.78, 5) is 16.1. The lowest BCUT2D eigenvalue weighted by atomic mass is 10.2. The van der Waals surface area contributed by atoms with E-state index < -0.39 is 0 Å². The van der Waals surface area contributed by atoms with Crippen LogP contribution in [0.5, 0.6) is 0 Å². The van der Waals surface area contributed by atoms with Crippen molar-refractivity contribution in [2.24, 2.45) is 0 Å². The van der Waals surface area contributed by atoms with Gasteiger partial charge < -0.3 is 9.73 Å². The summed E-state index contributed by atoms with van der Waals surface area (Å²) in [6, 6.07) is 13.8. The summed E-state index contributed by atoms with van der Waals surface area (Å²) >= 11 is 11.7. The summed E-state index contributed by atoms with van der Waals surface area (Å²) in [5.41, 5.74) is 0.802. The van der Waals surface area contributed by atoms with E-state index in [1.54, 1.807) is 36.4 Å². The molecule has 6 heteroatoms. The summed E-state index contributed by atoms with van der Waals surface area (Å²) in [5, 5.41) is 3.73. The number of nitrogens with zero attached hydrogens (tertiary/aromatic N) is 1. The van der Waals surface area contributed by atoms with Gasteiger partial charge in [-0.05, 0) is 36.4 Å². The summed E-state index contributed by atoms with van der Waals surface area (Å²) in [6.45, 7) is 0. The van der Waals surface area contributed by atoms with Crippen LogP contribution in [0.1, 0.15) is 10.6 Å². The minimum absolute atomic E-state index is 0.187. The number of anilines is 1. The van der Waals surface area contributed by atoms with Gasteiger partial charge >= 0.3 is 0 Å². The molecule has 0 radical (unpaired) electrons. The lowest BCUT2D eigenvalue weighted by Gasteiger charge is -2.02. The molecule has 1 N–H and O–H groups in total. The van der Waals surface area contributed by atoms with Crippen LogP contribution in [-0.4, -0.2) is 10.9 Å². The fourth-order valence-electron chi connectivity index (χ4n) is 1.88. The molecule has 22 heavy (non-hydrogen) atoms. The molecule has 0 saturated carbocycles. The molecule has 0 fully saturated rings. The van der Waals surface area contributed by atoms with Gasteiger partial charge in [-0.15, -0.1) is 0 Å². The monoisotopic (exact) mass is 332 g/mol. The normalized spacial score (nSPS) is 10.5. The number of pyridine rings is 1. The van der Waals surface area contributed by atoms with Crippen molar-refractivity contribution in [3.63, 3.8) is 0 Å². The molecule has 3 aromatic rings. The Morgan fingerprint density at radius 1 is 1.05 bits per heavy atom. The number of amides is 1. The largest absolute Gasteiger partial charge is 0.451 e. The lowest BCUT2D eigenvalue weighted by molar-refractivity contribution is 0.0997. The minimum atomic E-state index is -0.386. The molecule has 0 spiro atoms. The first-order valence-corrected chi connectivity index (χ1v) is 7.16. The number of hydrogen-bond donors (Lipinski definition) is 1. The maximum absolute atomic E-state index is 12.1. The zero-order chi connectivity index (χ0) is 15.5. The highest BCUT2D eigenvalue weighted by Gasteiger charge is 2.13. The van der Waals surface area contributed by atoms with Gasteiger partial charge in [-0.3, -0.25) is 4.79 Å². The lowest BCUT2D eigenvalue weighted by Crippen LogP contribution is -2.11. The van der Waals surface area contributed by atoms with E-state index in [0.717, 1.165) is 5.56 Å². The predicted octanol–water partition coefficient (Wildman–Crippen LogP) is 4.90. The number of hydrogen-bond acceptors (Lipinski definition) is 3. The number of aromatic nitrogens is 1. The topological polar surface area (TPSA) is 55.1 Å². The van der Waals surface area contributed by atoms with Gasteiger partial charge in [0, 0.05) is 16.8 Å². The van der Waals surface area contributed by atoms with E-state index in [1.165, 1.54) is 6.20 Å². The van der Waals surface area contributed by atoms with E-state index in [0.29, 0.717) is 21.6 Å². The Morgan fingerprint density at radius 3 is 2.64 bits per heavy atom. The van der Waals surface area contributed by atoms with E-state index in [4.69, 9.17) is 27.6 Å². The number of halogens is 2. The van der Waals surface area contributed by atoms with Gasteiger partial charge in [0.05, 0.1) is 5.02 Å². The fourth-order valence-corrected chi connectivity index (χ4v) is 2.19. The van der Waals surface area contributed by atoms with Gasteiger partial charge in [0.15, 0.2) is 5.76 Å². The standard InChI is InChI=1S/C16H10Cl2N2O2/c17-11-3-1-2-10(8-11)13-5-6-14(22-13)16(21)20-15-7-4-12(18)9-19-15/h1-9H,(H,19,20,21). The number of benzene rings is 1. The van der Waals surface area contributed by atoms with E-state index in [1.807, 2.05) is 12.1 Å². The molecule has 1 aromatic carbocycles. The molecule has 110 valence electrons. The number of rotatable bonds is 3. The van der Waals surface area contributed by atoms with Crippen molar-refractivity contribution in [3.8, 4) is 11.3 Å². The highest BCUT2D eigenvalue weighted by molar-refractivity contribution is 6.31. The van der Waals surface area contributed by atoms with Crippen LogP contribution in [-0.2, 0) is 0 Å². The van der Waals surface area contributed by atoms with Gasteiger partial charge in [0.2, 0.25) is 0 Å². The fraction of sp³-hybridized carbons (Fsp3) is 0. The zero-order valence-corrected chi connectivity index (χ0v) is 12.7. The molecule has 0 saturated heterocycles. The van der Waals surface area contributed by atoms with Crippen molar-refractivity contribution in [2.75, 3.05) is 5.32 Å². The second kappa shape index (κ2) is 6.22. The van der Waals surface area contributed by atoms with Crippen LogP contribution in [0.2, 0.25) is 10.0 Å². The molecular weight excluding hydrogens is 323 g/mol. The number of carbonyl (C=O) groups is 1. The molecule has 2 aromatic heterocycles. The Kier molecular flexibility index (Phi) is 4.13. The Bertz CT molecular complexity index is 813. The van der Waals surface area contributed by atoms with Gasteiger partial charge in [-0.2, -0.15) is 0 Å². The molecule has 0 atom stereocenters. The van der Waals surface area contributed by atoms with Gasteiger partial charge in [0.1, 0.15) is 11.6 Å². The first-order chi connectivity index (χ1) is 10.6. The molecule has 0 aliphatic carbocycles. The predicted molar refractivity (Wildman–Crippen MR) is 86.4 cm³/mol. The van der Waals surface area contributed by atoms with Crippen LogP contribution in [0.3, 0.4) is 0 Å². The molecule has 1 amide bonds. The summed E-state index contributed by atoms with van der Waals surface area (Å²) in [6.07, 6.45) is 1.46. The molecular formula is C16H10Cl2N2O2. The molecule has 0 bridgehead atoms. The Hall–Kier alpha value is -2.30. The minimum Gasteiger partial charge on any atom is -0.451 e. The molecule has 0 unspecified atom stereocenters. The van der Waals surface area contributed by atoms with Crippen LogP contribution in [0.15, 0.2) is 59.1 Å². The third kappa shape index (κ3) is 3.30. The van der Waals surface area contributed by atoms with Crippen LogP contribution in [0, 0.1) is 0 Å². The summed E-state index contributed by atoms with van der Waals surface area (Å²) < 4.78 is 5.56. The third-order valence-electron chi connectivity index (χ3n) is 2.91. The number of carbonyl (C=O) groups excluding carboxylic acids is 1. The zero-order valence-electron chi connectivity index (χ0n) is 11.2. The van der Waals surface area contributed by atoms with Crippen molar-refractivity contribution >= 4 is 34.9 Å². The highest BCUT2D eigenvalue weighted by atomic mass is 35.5. The molecule has 3 rings (SSSR count). The average Bonchev–Trinajstić information content (AvgIpc) is 3.00. The third-order valence-corrected chi connectivity index (χ3v) is 3.37. The van der Waals surface area contributed by atoms with Crippen molar-refractivity contribution in [3.05, 3.63) is 70.5 Å². The highest BCUT2D eigenvalue weighted by Crippen LogP contribution is 2.25. The first-order valence-electron chi connectivity index (χ1n) is 6.40. The van der Waals surface area contributed by atoms with E-state index in [9.17, 15) is 4.79 Å². The second-order valence-electron chi connectivity index (χ2n) is 4.49. The summed E-state index contributed by atoms with van der Waals surface area (Å²) in [7, 11) is 0. The Balaban J connectivity index is 1.78. The summed E-state index contributed by atoms with van der Waals surface area (Å²) in [5.74, 6) is 0.765. The van der Waals surface area contributed by atoms with E-state index in [2.05, 4.69) is 10.3 Å². The van der Waals surface area contributed by atoms with Crippen molar-refractivity contribution in [1.82, 2.24) is 4.98 Å². The van der Waals surface area contributed by atoms with Crippen molar-refractivity contribution in [1.29, 1.82) is 0 Å². The number of furan rings is 1. The molecule has 0 aliphatic rings. The van der Waals surface area contributed by atoms with Crippen molar-refractivity contribution < 1.29 is 9.21 Å². The first kappa shape index (κ1) is 14.6. The van der Waals surface area contributed by atoms with Crippen molar-refractivity contribution in [2.45, 2.75) is 0 Å². The molecule has 0 aliphatic heterocycles. The van der Waals surface area contributed by atoms with Crippen LogP contribution in [0.4, 0.5) is 5.82 Å². The smallest absolute Gasteiger partial charge is 0.292 e. The second-order valence-corrected chi connectivity index (χ2v) is 5.36. The Morgan fingerprint density at radius 2 is 1.91 bits per heavy atom. The van der Waals surface area contributed by atoms with E-state index in [-0.39, 0.29) is 11.7 Å². The average molecular weight is 333 g/mol. The van der Waals surface area contributed by atoms with Crippen LogP contribution >= 0.6 is 23.2 Å². The van der Waals surface area contributed by atoms with Crippen LogP contribution < -0.4 is 5.32 Å². The van der Waals surface area contributed by atoms with Crippen LogP contribution in [0.25, 0.3) is 11.3 Å². The van der Waals surface area contributed by atoms with Gasteiger partial charge in [0.25, 0.3) is 5.91 Å². The number of nitrogens with one attached hydrogen (secondary N) is 1. The Labute approximate surface area is 136 Å². The maximum Gasteiger partial charge on any atom is 0.292 e. The maximum atomic E-state index is 12.1. The van der Waals surface area contributed by atoms with Gasteiger partial charge in [-0.25, -0.2) is 4.98 Å². The van der Waals surface area contributed by atoms with E-state index >= 15 is 0 Å². The molecule has 4 nitrogen and oxygen atoms in total. The SMILES string of the molecule is O=C(Nc1ccc(Cl)cn1)c1ccc(-c2cccc(Cl)c2)o1. The quantitative estimate of drug-likeness (QED) is 0.742.